The molecule has 106 valence electrons. The molecule has 4 heteroatoms. The molecule has 0 radical (unpaired) electrons. The third-order valence-corrected chi connectivity index (χ3v) is 6.09. The number of alkyl halides is 1. The third-order valence-electron chi connectivity index (χ3n) is 4.99. The first-order valence-corrected chi connectivity index (χ1v) is 7.54. The summed E-state index contributed by atoms with van der Waals surface area (Å²) >= 11 is 9.87. The van der Waals surface area contributed by atoms with Gasteiger partial charge >= 0.3 is 0 Å². The van der Waals surface area contributed by atoms with E-state index in [1.54, 1.807) is 13.2 Å². The Morgan fingerprint density at radius 3 is 2.21 bits per heavy atom. The summed E-state index contributed by atoms with van der Waals surface area (Å²) in [5, 5.41) is -0.183. The van der Waals surface area contributed by atoms with Crippen molar-refractivity contribution in [2.75, 3.05) is 7.11 Å². The average molecular weight is 350 g/mol. The lowest BCUT2D eigenvalue weighted by Crippen LogP contribution is -2.03. The van der Waals surface area contributed by atoms with Crippen LogP contribution in [-0.4, -0.2) is 7.11 Å². The Labute approximate surface area is 127 Å². The van der Waals surface area contributed by atoms with Crippen LogP contribution in [0.25, 0.3) is 0 Å². The first kappa shape index (κ1) is 15.1. The highest BCUT2D eigenvalue weighted by Crippen LogP contribution is 2.74. The molecule has 0 saturated heterocycles. The van der Waals surface area contributed by atoms with E-state index in [1.165, 1.54) is 6.07 Å². The van der Waals surface area contributed by atoms with Crippen molar-refractivity contribution < 1.29 is 9.13 Å². The van der Waals surface area contributed by atoms with Gasteiger partial charge in [-0.2, -0.15) is 0 Å². The highest BCUT2D eigenvalue weighted by Gasteiger charge is 2.67. The molecular formula is C15H19BrClFO. The van der Waals surface area contributed by atoms with Crippen LogP contribution in [0, 0.1) is 22.6 Å². The monoisotopic (exact) mass is 348 g/mol. The van der Waals surface area contributed by atoms with Gasteiger partial charge in [0.15, 0.2) is 0 Å². The van der Waals surface area contributed by atoms with E-state index in [0.29, 0.717) is 16.1 Å². The molecule has 0 spiro atoms. The maximum absolute atomic E-state index is 13.6. The minimum absolute atomic E-state index is 0.172. The second-order valence-electron chi connectivity index (χ2n) is 6.33. The molecule has 0 N–H and O–H groups in total. The maximum Gasteiger partial charge on any atom is 0.141 e. The molecule has 0 heterocycles. The Morgan fingerprint density at radius 1 is 1.26 bits per heavy atom. The molecule has 1 nitrogen and oxygen atoms in total. The van der Waals surface area contributed by atoms with Crippen molar-refractivity contribution in [2.24, 2.45) is 16.7 Å². The van der Waals surface area contributed by atoms with Crippen LogP contribution in [0.3, 0.4) is 0 Å². The van der Waals surface area contributed by atoms with Crippen molar-refractivity contribution in [3.63, 3.8) is 0 Å². The van der Waals surface area contributed by atoms with E-state index in [4.69, 9.17) is 16.3 Å². The summed E-state index contributed by atoms with van der Waals surface area (Å²) in [6.07, 6.45) is 0. The van der Waals surface area contributed by atoms with Gasteiger partial charge in [0.05, 0.1) is 17.0 Å². The third kappa shape index (κ3) is 2.19. The van der Waals surface area contributed by atoms with Gasteiger partial charge in [0.25, 0.3) is 0 Å². The van der Waals surface area contributed by atoms with E-state index in [9.17, 15) is 4.39 Å². The Hall–Kier alpha value is -0.280. The zero-order valence-electron chi connectivity index (χ0n) is 11.9. The zero-order chi connectivity index (χ0) is 14.6. The van der Waals surface area contributed by atoms with Crippen molar-refractivity contribution in [1.82, 2.24) is 0 Å². The molecule has 0 aliphatic heterocycles. The van der Waals surface area contributed by atoms with E-state index in [-0.39, 0.29) is 22.0 Å². The van der Waals surface area contributed by atoms with Crippen LogP contribution in [0.4, 0.5) is 4.39 Å². The van der Waals surface area contributed by atoms with Gasteiger partial charge in [0.2, 0.25) is 0 Å². The molecule has 1 aromatic rings. The predicted octanol–water partition coefficient (Wildman–Crippen LogP) is 5.56. The number of ether oxygens (including phenoxy) is 1. The molecule has 1 aliphatic rings. The summed E-state index contributed by atoms with van der Waals surface area (Å²) < 4.78 is 19.3. The summed E-state index contributed by atoms with van der Waals surface area (Å²) in [5.41, 5.74) is 1.19. The number of halogens is 3. The van der Waals surface area contributed by atoms with E-state index in [1.807, 2.05) is 0 Å². The summed E-state index contributed by atoms with van der Waals surface area (Å²) in [5.74, 6) is 0.519. The van der Waals surface area contributed by atoms with Crippen molar-refractivity contribution in [3.8, 4) is 5.75 Å². The van der Waals surface area contributed by atoms with E-state index >= 15 is 0 Å². The Morgan fingerprint density at radius 2 is 1.79 bits per heavy atom. The lowest BCUT2D eigenvalue weighted by atomic mass is 10.0. The van der Waals surface area contributed by atoms with Gasteiger partial charge in [0, 0.05) is 11.6 Å². The summed E-state index contributed by atoms with van der Waals surface area (Å²) in [6, 6.07) is 3.12. The minimum Gasteiger partial charge on any atom is -0.496 e. The predicted molar refractivity (Wildman–Crippen MR) is 80.3 cm³/mol. The van der Waals surface area contributed by atoms with Gasteiger partial charge < -0.3 is 4.74 Å². The highest BCUT2D eigenvalue weighted by molar-refractivity contribution is 9.10. The maximum atomic E-state index is 13.6. The number of hydrogen-bond acceptors (Lipinski definition) is 1. The quantitative estimate of drug-likeness (QED) is 0.649. The normalized spacial score (nSPS) is 22.1. The topological polar surface area (TPSA) is 9.23 Å². The number of hydrogen-bond donors (Lipinski definition) is 0. The molecule has 19 heavy (non-hydrogen) atoms. The molecule has 0 amide bonds. The smallest absolute Gasteiger partial charge is 0.141 e. The largest absolute Gasteiger partial charge is 0.496 e. The van der Waals surface area contributed by atoms with Crippen LogP contribution in [0.5, 0.6) is 5.75 Å². The first-order chi connectivity index (χ1) is 8.64. The van der Waals surface area contributed by atoms with Gasteiger partial charge in [0.1, 0.15) is 11.6 Å². The fourth-order valence-electron chi connectivity index (χ4n) is 3.09. The minimum atomic E-state index is -0.334. The fraction of sp³-hybridized carbons (Fsp3) is 0.600. The molecule has 1 unspecified atom stereocenters. The lowest BCUT2D eigenvalue weighted by molar-refractivity contribution is 0.401. The number of benzene rings is 1. The average Bonchev–Trinajstić information content (AvgIpc) is 2.72. The highest BCUT2D eigenvalue weighted by atomic mass is 79.9. The van der Waals surface area contributed by atoms with Gasteiger partial charge in [-0.15, -0.1) is 11.6 Å². The lowest BCUT2D eigenvalue weighted by Gasteiger charge is -2.16. The molecule has 1 saturated carbocycles. The van der Waals surface area contributed by atoms with Crippen molar-refractivity contribution in [2.45, 2.75) is 33.1 Å². The first-order valence-electron chi connectivity index (χ1n) is 6.31. The number of methoxy groups -OCH3 is 1. The Bertz CT molecular complexity index is 499. The van der Waals surface area contributed by atoms with E-state index < -0.39 is 0 Å². The van der Waals surface area contributed by atoms with Crippen LogP contribution in [0.15, 0.2) is 16.6 Å². The van der Waals surface area contributed by atoms with Gasteiger partial charge in [-0.25, -0.2) is 4.39 Å². The van der Waals surface area contributed by atoms with Crippen LogP contribution in [-0.2, 0) is 0 Å². The second-order valence-corrected chi connectivity index (χ2v) is 7.66. The molecule has 1 aliphatic carbocycles. The zero-order valence-corrected chi connectivity index (χ0v) is 14.2. The molecular weight excluding hydrogens is 331 g/mol. The number of rotatable bonds is 3. The van der Waals surface area contributed by atoms with Crippen LogP contribution < -0.4 is 4.74 Å². The summed E-state index contributed by atoms with van der Waals surface area (Å²) in [6.45, 7) is 8.88. The van der Waals surface area contributed by atoms with Crippen LogP contribution in [0.1, 0.15) is 38.6 Å². The van der Waals surface area contributed by atoms with Crippen LogP contribution in [0.2, 0.25) is 0 Å². The van der Waals surface area contributed by atoms with Crippen LogP contribution >= 0.6 is 27.5 Å². The van der Waals surface area contributed by atoms with Gasteiger partial charge in [-0.3, -0.25) is 0 Å². The molecule has 0 bridgehead atoms. The summed E-state index contributed by atoms with van der Waals surface area (Å²) in [7, 11) is 1.54. The molecule has 1 aromatic carbocycles. The molecule has 1 atom stereocenters. The second kappa shape index (κ2) is 4.63. The van der Waals surface area contributed by atoms with Crippen molar-refractivity contribution in [1.29, 1.82) is 0 Å². The SMILES string of the molecule is COc1cc(F)c(Br)cc1C(Cl)C1C(C)(C)C1(C)C. The summed E-state index contributed by atoms with van der Waals surface area (Å²) in [4.78, 5) is 0. The van der Waals surface area contributed by atoms with E-state index in [0.717, 1.165) is 5.56 Å². The van der Waals surface area contributed by atoms with Gasteiger partial charge in [-0.05, 0) is 38.7 Å². The Balaban J connectivity index is 2.41. The molecule has 0 aromatic heterocycles. The molecule has 1 fully saturated rings. The van der Waals surface area contributed by atoms with Gasteiger partial charge in [-0.1, -0.05) is 27.7 Å². The Kier molecular flexibility index (Phi) is 3.68. The molecule has 2 rings (SSSR count). The van der Waals surface area contributed by atoms with Crippen molar-refractivity contribution >= 4 is 27.5 Å². The van der Waals surface area contributed by atoms with E-state index in [2.05, 4.69) is 43.6 Å². The standard InChI is InChI=1S/C15H19BrClFO/c1-14(2)13(15(14,3)4)12(17)8-6-9(16)10(18)7-11(8)19-5/h6-7,12-13H,1-5H3. The van der Waals surface area contributed by atoms with Crippen molar-refractivity contribution in [3.05, 3.63) is 28.0 Å². The fourth-order valence-corrected chi connectivity index (χ4v) is 4.26.